The van der Waals surface area contributed by atoms with Gasteiger partial charge in [0.05, 0.1) is 11.7 Å². The van der Waals surface area contributed by atoms with E-state index in [9.17, 15) is 4.79 Å². The molecule has 0 saturated carbocycles. The second-order valence-corrected chi connectivity index (χ2v) is 11.5. The number of carbonyl (C=O) groups excluding carboxylic acids is 1. The van der Waals surface area contributed by atoms with Gasteiger partial charge in [0.25, 0.3) is 0 Å². The Balaban J connectivity index is 3.72. The molecule has 0 aromatic rings. The van der Waals surface area contributed by atoms with Crippen LogP contribution in [0, 0.1) is 5.92 Å². The summed E-state index contributed by atoms with van der Waals surface area (Å²) in [5, 5.41) is 3.64. The van der Waals surface area contributed by atoms with Crippen LogP contribution in [0.25, 0.3) is 0 Å². The van der Waals surface area contributed by atoms with E-state index in [-0.39, 0.29) is 0 Å². The van der Waals surface area contributed by atoms with Crippen molar-refractivity contribution >= 4 is 77.4 Å². The van der Waals surface area contributed by atoms with Crippen molar-refractivity contribution in [1.82, 2.24) is 0 Å². The summed E-state index contributed by atoms with van der Waals surface area (Å²) in [4.78, 5) is 15.8. The Morgan fingerprint density at radius 3 is 2.57 bits per heavy atom. The molecule has 8 heteroatoms. The van der Waals surface area contributed by atoms with Crippen LogP contribution in [-0.2, 0) is 4.79 Å². The van der Waals surface area contributed by atoms with E-state index in [2.05, 4.69) is 49.4 Å². The topological polar surface area (TPSA) is 29.4 Å². The molecular weight excluding hydrogens is 379 g/mol. The molecule has 0 bridgehead atoms. The molecular formula is C13H23NOS6. The van der Waals surface area contributed by atoms with Crippen LogP contribution in [0.3, 0.4) is 0 Å². The van der Waals surface area contributed by atoms with Gasteiger partial charge in [-0.1, -0.05) is 75.7 Å². The number of hydrogen-bond donors (Lipinski definition) is 0. The lowest BCUT2D eigenvalue weighted by Gasteiger charge is -2.17. The Morgan fingerprint density at radius 1 is 1.29 bits per heavy atom. The van der Waals surface area contributed by atoms with E-state index in [0.717, 1.165) is 11.5 Å². The molecule has 0 aliphatic rings. The predicted molar refractivity (Wildman–Crippen MR) is 111 cm³/mol. The normalized spacial score (nSPS) is 13.8. The van der Waals surface area contributed by atoms with Gasteiger partial charge >= 0.3 is 0 Å². The average molecular weight is 402 g/mol. The highest BCUT2D eigenvalue weighted by Crippen LogP contribution is 2.32. The summed E-state index contributed by atoms with van der Waals surface area (Å²) in [5.74, 6) is 2.39. The highest BCUT2D eigenvalue weighted by Gasteiger charge is 2.16. The minimum absolute atomic E-state index is 0.306. The van der Waals surface area contributed by atoms with E-state index in [4.69, 9.17) is 0 Å². The first-order chi connectivity index (χ1) is 10.0. The maximum atomic E-state index is 11.9. The van der Waals surface area contributed by atoms with Crippen molar-refractivity contribution in [3.05, 3.63) is 0 Å². The van der Waals surface area contributed by atoms with Crippen LogP contribution < -0.4 is 0 Å². The third-order valence-electron chi connectivity index (χ3n) is 2.41. The van der Waals surface area contributed by atoms with Crippen molar-refractivity contribution in [2.24, 2.45) is 10.9 Å². The van der Waals surface area contributed by atoms with Gasteiger partial charge in [-0.3, -0.25) is 4.79 Å². The molecule has 0 spiro atoms. The average Bonchev–Trinajstić information content (AvgIpc) is 2.45. The van der Waals surface area contributed by atoms with Gasteiger partial charge in [0.1, 0.15) is 0 Å². The Hall–Kier alpha value is 1.22. The molecule has 0 aliphatic heterocycles. The Kier molecular flexibility index (Phi) is 15.6. The molecule has 0 aliphatic carbocycles. The predicted octanol–water partition coefficient (Wildman–Crippen LogP) is 5.54. The lowest BCUT2D eigenvalue weighted by molar-refractivity contribution is -0.110. The van der Waals surface area contributed by atoms with Crippen LogP contribution in [0.1, 0.15) is 27.2 Å². The fourth-order valence-corrected chi connectivity index (χ4v) is 7.33. The van der Waals surface area contributed by atoms with Crippen LogP contribution in [0.5, 0.6) is 0 Å². The highest BCUT2D eigenvalue weighted by atomic mass is 33.1. The smallest absolute Gasteiger partial charge is 0.189 e. The van der Waals surface area contributed by atoms with E-state index < -0.39 is 0 Å². The zero-order valence-corrected chi connectivity index (χ0v) is 17.8. The largest absolute Gasteiger partial charge is 0.287 e. The minimum atomic E-state index is 0.306. The third kappa shape index (κ3) is 13.4. The molecule has 0 saturated heterocycles. The summed E-state index contributed by atoms with van der Waals surface area (Å²) < 4.78 is 0. The van der Waals surface area contributed by atoms with Gasteiger partial charge in [-0.05, 0) is 24.4 Å². The van der Waals surface area contributed by atoms with Crippen LogP contribution in [0.15, 0.2) is 4.99 Å². The Morgan fingerprint density at radius 2 is 2.00 bits per heavy atom. The van der Waals surface area contributed by atoms with Gasteiger partial charge < -0.3 is 0 Å². The second kappa shape index (κ2) is 14.8. The number of carbonyl (C=O) groups is 1. The van der Waals surface area contributed by atoms with E-state index in [1.165, 1.54) is 11.8 Å². The molecule has 0 rings (SSSR count). The van der Waals surface area contributed by atoms with Gasteiger partial charge in [0, 0.05) is 28.4 Å². The Bertz CT molecular complexity index is 333. The number of rotatable bonds is 12. The minimum Gasteiger partial charge on any atom is -0.287 e. The first kappa shape index (κ1) is 22.2. The molecule has 0 fully saturated rings. The first-order valence-electron chi connectivity index (χ1n) is 6.68. The number of isothiocyanates is 1. The van der Waals surface area contributed by atoms with Crippen molar-refractivity contribution in [2.45, 2.75) is 37.7 Å². The molecule has 0 N–H and O–H groups in total. The molecule has 2 atom stereocenters. The summed E-state index contributed by atoms with van der Waals surface area (Å²) >= 11 is 6.03. The van der Waals surface area contributed by atoms with E-state index in [0.29, 0.717) is 34.5 Å². The molecule has 2 nitrogen and oxygen atoms in total. The maximum Gasteiger partial charge on any atom is 0.189 e. The van der Waals surface area contributed by atoms with E-state index >= 15 is 0 Å². The molecule has 0 amide bonds. The molecule has 0 unspecified atom stereocenters. The van der Waals surface area contributed by atoms with Crippen molar-refractivity contribution in [3.8, 4) is 0 Å². The fourth-order valence-electron chi connectivity index (χ4n) is 1.19. The lowest BCUT2D eigenvalue weighted by Crippen LogP contribution is -2.14. The summed E-state index contributed by atoms with van der Waals surface area (Å²) in [6.45, 7) is 7.24. The van der Waals surface area contributed by atoms with Crippen molar-refractivity contribution in [3.63, 3.8) is 0 Å². The van der Waals surface area contributed by atoms with Crippen molar-refractivity contribution in [2.75, 3.05) is 24.3 Å². The summed E-state index contributed by atoms with van der Waals surface area (Å²) in [6.07, 6.45) is 2.73. The number of thiocarbonyl (C=S) groups is 1. The van der Waals surface area contributed by atoms with Gasteiger partial charge in [-0.15, -0.1) is 0 Å². The van der Waals surface area contributed by atoms with Crippen LogP contribution in [-0.4, -0.2) is 45.1 Å². The van der Waals surface area contributed by atoms with E-state index in [1.54, 1.807) is 32.4 Å². The zero-order valence-electron chi connectivity index (χ0n) is 12.9. The summed E-state index contributed by atoms with van der Waals surface area (Å²) in [7, 11) is 7.17. The molecule has 122 valence electrons. The van der Waals surface area contributed by atoms with Crippen molar-refractivity contribution < 1.29 is 4.79 Å². The third-order valence-corrected chi connectivity index (χ3v) is 9.15. The number of nitrogens with zero attached hydrogens (tertiary/aromatic N) is 1. The van der Waals surface area contributed by atoms with Crippen molar-refractivity contribution in [1.29, 1.82) is 0 Å². The number of aliphatic imine (C=N–C) groups is 1. The highest BCUT2D eigenvalue weighted by molar-refractivity contribution is 8.77. The molecule has 0 aromatic carbocycles. The van der Waals surface area contributed by atoms with Gasteiger partial charge in [-0.2, -0.15) is 0 Å². The standard InChI is InChI=1S/C13H23NOS6/c1-10(2)12(21-17-4)8-18-13(15)5-6-19-20-11(3)7-14-9-16/h10-12H,5-8H2,1-4H3/t11-,12+/m0/s1. The van der Waals surface area contributed by atoms with Gasteiger partial charge in [0.2, 0.25) is 0 Å². The lowest BCUT2D eigenvalue weighted by atomic mass is 10.1. The number of thioether (sulfide) groups is 1. The quantitative estimate of drug-likeness (QED) is 0.183. The molecule has 0 radical (unpaired) electrons. The maximum absolute atomic E-state index is 11.9. The van der Waals surface area contributed by atoms with Gasteiger partial charge in [0.15, 0.2) is 5.12 Å². The molecule has 0 aromatic heterocycles. The Labute approximate surface area is 154 Å². The first-order valence-corrected chi connectivity index (χ1v) is 13.1. The molecule has 0 heterocycles. The zero-order chi connectivity index (χ0) is 16.1. The summed E-state index contributed by atoms with van der Waals surface area (Å²) in [5.41, 5.74) is 0. The molecule has 21 heavy (non-hydrogen) atoms. The monoisotopic (exact) mass is 401 g/mol. The fraction of sp³-hybridized carbons (Fsp3) is 0.846. The van der Waals surface area contributed by atoms with Gasteiger partial charge in [-0.25, -0.2) is 4.99 Å². The number of hydrogen-bond acceptors (Lipinski definition) is 8. The SMILES string of the molecule is CSS[C@H](CSC(=O)CCSS[C@@H](C)CN=C=S)C(C)C. The second-order valence-electron chi connectivity index (χ2n) is 4.64. The van der Waals surface area contributed by atoms with E-state index in [1.807, 2.05) is 10.8 Å². The van der Waals surface area contributed by atoms with Crippen LogP contribution >= 0.6 is 67.2 Å². The van der Waals surface area contributed by atoms with Crippen LogP contribution in [0.4, 0.5) is 0 Å². The summed E-state index contributed by atoms with van der Waals surface area (Å²) in [6, 6.07) is 0. The van der Waals surface area contributed by atoms with Crippen LogP contribution in [0.2, 0.25) is 0 Å².